The van der Waals surface area contributed by atoms with E-state index in [0.717, 1.165) is 38.5 Å². The van der Waals surface area contributed by atoms with Crippen LogP contribution in [0.4, 0.5) is 0 Å². The van der Waals surface area contributed by atoms with Crippen LogP contribution in [0.3, 0.4) is 0 Å². The molecule has 3 N–H and O–H groups in total. The Balaban J connectivity index is 4.25. The highest BCUT2D eigenvalue weighted by Gasteiger charge is 2.27. The van der Waals surface area contributed by atoms with E-state index < -0.39 is 20.0 Å². The number of nitrogens with zero attached hydrogens (tertiary/aromatic N) is 1. The van der Waals surface area contributed by atoms with E-state index in [2.05, 4.69) is 43.5 Å². The first kappa shape index (κ1) is 56.7. The van der Waals surface area contributed by atoms with Gasteiger partial charge in [-0.2, -0.15) is 0 Å². The number of aliphatic hydroxyl groups is 1. The molecule has 0 rings (SSSR count). The first-order valence-corrected chi connectivity index (χ1v) is 25.9. The lowest BCUT2D eigenvalue weighted by molar-refractivity contribution is -0.870. The van der Waals surface area contributed by atoms with Crippen LogP contribution in [0.2, 0.25) is 0 Å². The highest BCUT2D eigenvalue weighted by molar-refractivity contribution is 7.47. The molecule has 0 spiro atoms. The van der Waals surface area contributed by atoms with E-state index >= 15 is 0 Å². The number of amides is 1. The standard InChI is InChI=1S/C49H95N2O6P/c1-6-8-10-12-14-16-18-20-21-22-23-24-25-26-27-28-29-31-33-35-37-39-41-43-49(53)50-47(46-57-58(54,55)56-45-44-51(3,4)5)48(52)42-40-38-36-34-32-30-19-17-15-13-11-9-7-2/h11,13,20-21,40,42,47-48,52H,6-10,12,14-19,22-39,41,43-46H2,1-5H3,(H-,50,53,54,55)/p+1/b13-11+,21-20+,42-40+/t47-,48+/m0/s1. The zero-order chi connectivity index (χ0) is 42.8. The lowest BCUT2D eigenvalue weighted by Crippen LogP contribution is -2.45. The van der Waals surface area contributed by atoms with E-state index in [1.165, 1.54) is 161 Å². The minimum Gasteiger partial charge on any atom is -0.387 e. The van der Waals surface area contributed by atoms with Crippen molar-refractivity contribution >= 4 is 13.7 Å². The number of phosphoric ester groups is 1. The van der Waals surface area contributed by atoms with Crippen LogP contribution >= 0.6 is 7.82 Å². The van der Waals surface area contributed by atoms with Crippen molar-refractivity contribution in [2.45, 2.75) is 231 Å². The second-order valence-corrected chi connectivity index (χ2v) is 19.3. The zero-order valence-electron chi connectivity index (χ0n) is 38.8. The topological polar surface area (TPSA) is 105 Å². The first-order chi connectivity index (χ1) is 28.0. The Morgan fingerprint density at radius 3 is 1.40 bits per heavy atom. The summed E-state index contributed by atoms with van der Waals surface area (Å²) in [6.07, 6.45) is 50.8. The summed E-state index contributed by atoms with van der Waals surface area (Å²) in [6.45, 7) is 4.76. The molecule has 0 aromatic carbocycles. The van der Waals surface area contributed by atoms with Crippen molar-refractivity contribution in [1.82, 2.24) is 5.32 Å². The number of hydrogen-bond donors (Lipinski definition) is 3. The summed E-state index contributed by atoms with van der Waals surface area (Å²) in [7, 11) is 1.57. The Bertz CT molecular complexity index is 1040. The van der Waals surface area contributed by atoms with Crippen LogP contribution in [0, 0.1) is 0 Å². The number of carbonyl (C=O) groups is 1. The van der Waals surface area contributed by atoms with Crippen molar-refractivity contribution in [1.29, 1.82) is 0 Å². The highest BCUT2D eigenvalue weighted by atomic mass is 31.2. The van der Waals surface area contributed by atoms with Crippen LogP contribution in [-0.4, -0.2) is 73.4 Å². The van der Waals surface area contributed by atoms with Crippen LogP contribution in [0.25, 0.3) is 0 Å². The summed E-state index contributed by atoms with van der Waals surface area (Å²) in [5, 5.41) is 13.8. The Labute approximate surface area is 359 Å². The Kier molecular flexibility index (Phi) is 40.2. The maximum absolute atomic E-state index is 12.9. The second kappa shape index (κ2) is 41.1. The summed E-state index contributed by atoms with van der Waals surface area (Å²) in [5.74, 6) is -0.180. The van der Waals surface area contributed by atoms with E-state index in [9.17, 15) is 19.4 Å². The summed E-state index contributed by atoms with van der Waals surface area (Å²) < 4.78 is 23.6. The second-order valence-electron chi connectivity index (χ2n) is 17.8. The van der Waals surface area contributed by atoms with Crippen molar-refractivity contribution in [2.75, 3.05) is 40.9 Å². The average molecular weight is 840 g/mol. The van der Waals surface area contributed by atoms with E-state index in [1.54, 1.807) is 6.08 Å². The molecule has 0 aliphatic rings. The van der Waals surface area contributed by atoms with Crippen molar-refractivity contribution in [3.63, 3.8) is 0 Å². The van der Waals surface area contributed by atoms with Gasteiger partial charge in [-0.25, -0.2) is 4.57 Å². The van der Waals surface area contributed by atoms with Gasteiger partial charge in [-0.3, -0.25) is 13.8 Å². The Morgan fingerprint density at radius 1 is 0.569 bits per heavy atom. The third-order valence-electron chi connectivity index (χ3n) is 10.8. The molecule has 1 amide bonds. The summed E-state index contributed by atoms with van der Waals surface area (Å²) in [5.41, 5.74) is 0. The number of carbonyl (C=O) groups excluding carboxylic acids is 1. The normalized spacial score (nSPS) is 14.5. The van der Waals surface area contributed by atoms with Gasteiger partial charge in [-0.15, -0.1) is 0 Å². The van der Waals surface area contributed by atoms with Crippen LogP contribution < -0.4 is 5.32 Å². The van der Waals surface area contributed by atoms with Gasteiger partial charge >= 0.3 is 7.82 Å². The number of likely N-dealkylation sites (N-methyl/N-ethyl adjacent to an activating group) is 1. The summed E-state index contributed by atoms with van der Waals surface area (Å²) >= 11 is 0. The molecule has 342 valence electrons. The van der Waals surface area contributed by atoms with E-state index in [0.29, 0.717) is 17.4 Å². The summed E-state index contributed by atoms with van der Waals surface area (Å²) in [6, 6.07) is -0.848. The van der Waals surface area contributed by atoms with Gasteiger partial charge < -0.3 is 19.8 Å². The fraction of sp³-hybridized carbons (Fsp3) is 0.857. The molecule has 3 atom stereocenters. The molecule has 0 aromatic rings. The number of hydrogen-bond acceptors (Lipinski definition) is 5. The molecule has 0 aliphatic carbocycles. The van der Waals surface area contributed by atoms with Crippen molar-refractivity contribution in [3.8, 4) is 0 Å². The van der Waals surface area contributed by atoms with E-state index in [1.807, 2.05) is 27.2 Å². The fourth-order valence-electron chi connectivity index (χ4n) is 6.92. The Morgan fingerprint density at radius 2 is 0.966 bits per heavy atom. The van der Waals surface area contributed by atoms with Crippen molar-refractivity contribution < 1.29 is 32.9 Å². The number of unbranched alkanes of at least 4 members (excludes halogenated alkanes) is 27. The molecule has 9 heteroatoms. The predicted octanol–water partition coefficient (Wildman–Crippen LogP) is 13.9. The third kappa shape index (κ3) is 42.8. The first-order valence-electron chi connectivity index (χ1n) is 24.4. The Hall–Kier alpha value is -1.28. The van der Waals surface area contributed by atoms with E-state index in [4.69, 9.17) is 9.05 Å². The van der Waals surface area contributed by atoms with Crippen LogP contribution in [0.15, 0.2) is 36.5 Å². The molecule has 0 radical (unpaired) electrons. The molecule has 0 saturated heterocycles. The van der Waals surface area contributed by atoms with Crippen molar-refractivity contribution in [2.24, 2.45) is 0 Å². The maximum Gasteiger partial charge on any atom is 0.472 e. The molecule has 0 saturated carbocycles. The molecule has 8 nitrogen and oxygen atoms in total. The quantitative estimate of drug-likeness (QED) is 0.0244. The number of nitrogens with one attached hydrogen (secondary N) is 1. The molecule has 0 bridgehead atoms. The van der Waals surface area contributed by atoms with Crippen LogP contribution in [0.5, 0.6) is 0 Å². The van der Waals surface area contributed by atoms with Gasteiger partial charge in [0.05, 0.1) is 39.9 Å². The number of aliphatic hydroxyl groups excluding tert-OH is 1. The van der Waals surface area contributed by atoms with Gasteiger partial charge in [-0.1, -0.05) is 185 Å². The van der Waals surface area contributed by atoms with Gasteiger partial charge in [0.1, 0.15) is 13.2 Å². The van der Waals surface area contributed by atoms with Gasteiger partial charge in [0, 0.05) is 6.42 Å². The predicted molar refractivity (Wildman–Crippen MR) is 249 cm³/mol. The van der Waals surface area contributed by atoms with E-state index in [-0.39, 0.29) is 19.1 Å². The molecular formula is C49H96N2O6P+. The number of quaternary nitrogens is 1. The summed E-state index contributed by atoms with van der Waals surface area (Å²) in [4.78, 5) is 23.2. The third-order valence-corrected chi connectivity index (χ3v) is 11.8. The average Bonchev–Trinajstić information content (AvgIpc) is 3.17. The molecule has 58 heavy (non-hydrogen) atoms. The number of allylic oxidation sites excluding steroid dienone is 5. The van der Waals surface area contributed by atoms with Gasteiger partial charge in [-0.05, 0) is 64.2 Å². The smallest absolute Gasteiger partial charge is 0.387 e. The lowest BCUT2D eigenvalue weighted by Gasteiger charge is -2.25. The van der Waals surface area contributed by atoms with Crippen LogP contribution in [-0.2, 0) is 18.4 Å². The lowest BCUT2D eigenvalue weighted by atomic mass is 10.0. The molecule has 0 aliphatic heterocycles. The van der Waals surface area contributed by atoms with Gasteiger partial charge in [0.2, 0.25) is 5.91 Å². The molecule has 0 fully saturated rings. The maximum atomic E-state index is 12.9. The molecule has 0 heterocycles. The molecule has 1 unspecified atom stereocenters. The highest BCUT2D eigenvalue weighted by Crippen LogP contribution is 2.43. The fourth-order valence-corrected chi connectivity index (χ4v) is 7.66. The number of phosphoric acid groups is 1. The number of rotatable bonds is 44. The monoisotopic (exact) mass is 840 g/mol. The molecule has 0 aromatic heterocycles. The zero-order valence-corrected chi connectivity index (χ0v) is 39.7. The van der Waals surface area contributed by atoms with Crippen molar-refractivity contribution in [3.05, 3.63) is 36.5 Å². The minimum absolute atomic E-state index is 0.0601. The molecular weight excluding hydrogens is 744 g/mol. The van der Waals surface area contributed by atoms with Gasteiger partial charge in [0.25, 0.3) is 0 Å². The van der Waals surface area contributed by atoms with Gasteiger partial charge in [0.15, 0.2) is 0 Å². The minimum atomic E-state index is -4.34. The largest absolute Gasteiger partial charge is 0.472 e. The van der Waals surface area contributed by atoms with Crippen LogP contribution in [0.1, 0.15) is 219 Å². The SMILES string of the molecule is CCC/C=C/CCCCCCCC/C=C/[C@@H](O)[C@H](COP(=O)(O)OCC[N+](C)(C)C)NC(=O)CCCCCCCCCCCCCCC/C=C/CCCCCCCC.